The number of aliphatic carboxylic acids is 2. The highest BCUT2D eigenvalue weighted by Crippen LogP contribution is 2.72. The van der Waals surface area contributed by atoms with Crippen LogP contribution in [0.15, 0.2) is 11.6 Å². The first-order valence-electron chi connectivity index (χ1n) is 11.1. The van der Waals surface area contributed by atoms with Crippen LogP contribution in [0.4, 0.5) is 0 Å². The molecular weight excluding hydrogens is 388 g/mol. The summed E-state index contributed by atoms with van der Waals surface area (Å²) >= 11 is 0. The molecule has 4 fully saturated rings. The zero-order chi connectivity index (χ0) is 21.6. The van der Waals surface area contributed by atoms with Gasteiger partial charge in [-0.2, -0.15) is 0 Å². The van der Waals surface area contributed by atoms with Gasteiger partial charge in [-0.3, -0.25) is 14.4 Å². The second-order valence-corrected chi connectivity index (χ2v) is 10.7. The fraction of sp³-hybridized carbons (Fsp3) is 0.783. The largest absolute Gasteiger partial charge is 0.481 e. The van der Waals surface area contributed by atoms with Crippen molar-refractivity contribution in [2.24, 2.45) is 34.5 Å². The van der Waals surface area contributed by atoms with Gasteiger partial charge in [0, 0.05) is 23.7 Å². The number of carboxylic acids is 2. The number of ketones is 1. The van der Waals surface area contributed by atoms with E-state index in [1.165, 1.54) is 0 Å². The molecular formula is C23H30O7. The van der Waals surface area contributed by atoms with Gasteiger partial charge < -0.3 is 20.1 Å². The number of hydrogen-bond acceptors (Lipinski definition) is 5. The van der Waals surface area contributed by atoms with Gasteiger partial charge in [0.05, 0.1) is 23.7 Å². The van der Waals surface area contributed by atoms with Crippen LogP contribution in [0, 0.1) is 34.5 Å². The quantitative estimate of drug-likeness (QED) is 0.641. The minimum atomic E-state index is -1.21. The highest BCUT2D eigenvalue weighted by Gasteiger charge is 2.73. The van der Waals surface area contributed by atoms with Crippen LogP contribution in [0.2, 0.25) is 0 Å². The summed E-state index contributed by atoms with van der Waals surface area (Å²) in [4.78, 5) is 36.0. The summed E-state index contributed by atoms with van der Waals surface area (Å²) in [6, 6.07) is 0. The smallest absolute Gasteiger partial charge is 0.307 e. The third kappa shape index (κ3) is 2.31. The molecule has 1 heterocycles. The molecule has 4 aliphatic carbocycles. The summed E-state index contributed by atoms with van der Waals surface area (Å²) in [6.45, 7) is 4.11. The number of rotatable bonds is 4. The standard InChI is InChI=1S/C23H30O7/c1-21-11-7-12(24)9-16(21)30-17-10-15(21)19(13(8-11)20(27)28)14-3-5-23(29,22(14,17)2)6-4-18(25)26/h7,13-17,19,29H,3-6,8-10H2,1-2H3,(H,25,26)(H,27,28)/t13?,14-,15?,16?,17?,19-,21-,22+,23-/m0/s1. The lowest BCUT2D eigenvalue weighted by Gasteiger charge is -2.68. The number of carbonyl (C=O) groups excluding carboxylic acids is 1. The minimum absolute atomic E-state index is 0.0238. The van der Waals surface area contributed by atoms with Crippen LogP contribution in [0.5, 0.6) is 0 Å². The zero-order valence-electron chi connectivity index (χ0n) is 17.5. The second kappa shape index (κ2) is 6.16. The van der Waals surface area contributed by atoms with E-state index in [4.69, 9.17) is 4.74 Å². The Balaban J connectivity index is 1.64. The third-order valence-corrected chi connectivity index (χ3v) is 9.86. The predicted molar refractivity (Wildman–Crippen MR) is 104 cm³/mol. The van der Waals surface area contributed by atoms with E-state index in [2.05, 4.69) is 6.92 Å². The first kappa shape index (κ1) is 20.2. The lowest BCUT2D eigenvalue weighted by molar-refractivity contribution is -0.282. The molecule has 5 aliphatic rings. The lowest BCUT2D eigenvalue weighted by atomic mass is 9.41. The fourth-order valence-corrected chi connectivity index (χ4v) is 8.24. The van der Waals surface area contributed by atoms with E-state index in [0.717, 1.165) is 5.57 Å². The molecule has 1 aliphatic heterocycles. The first-order valence-corrected chi connectivity index (χ1v) is 11.1. The van der Waals surface area contributed by atoms with Gasteiger partial charge in [-0.05, 0) is 55.9 Å². The molecule has 30 heavy (non-hydrogen) atoms. The summed E-state index contributed by atoms with van der Waals surface area (Å²) in [6.07, 6.45) is 3.47. The minimum Gasteiger partial charge on any atom is -0.481 e. The van der Waals surface area contributed by atoms with E-state index < -0.39 is 28.9 Å². The second-order valence-electron chi connectivity index (χ2n) is 10.7. The van der Waals surface area contributed by atoms with Crippen molar-refractivity contribution in [3.8, 4) is 0 Å². The van der Waals surface area contributed by atoms with Crippen LogP contribution in [-0.4, -0.2) is 50.9 Å². The predicted octanol–water partition coefficient (Wildman–Crippen LogP) is 2.41. The molecule has 4 unspecified atom stereocenters. The molecule has 3 N–H and O–H groups in total. The lowest BCUT2D eigenvalue weighted by Crippen LogP contribution is -2.70. The molecule has 0 radical (unpaired) electrons. The van der Waals surface area contributed by atoms with E-state index >= 15 is 0 Å². The number of fused-ring (bicyclic) bond motifs is 4. The molecule has 1 saturated heterocycles. The third-order valence-electron chi connectivity index (χ3n) is 9.86. The van der Waals surface area contributed by atoms with Crippen molar-refractivity contribution < 1.29 is 34.4 Å². The van der Waals surface area contributed by atoms with Gasteiger partial charge in [-0.25, -0.2) is 0 Å². The fourth-order valence-electron chi connectivity index (χ4n) is 8.24. The van der Waals surface area contributed by atoms with Crippen molar-refractivity contribution in [1.29, 1.82) is 0 Å². The maximum atomic E-state index is 12.4. The number of ether oxygens (including phenoxy) is 1. The molecule has 0 amide bonds. The SMILES string of the molecule is C[C@@]12C3=CC(=O)CC1OC1CC2[C@@H](C(C(=O)O)C3)[C@@H]2CC[C@](O)(CCC(=O)O)[C@@]12C. The van der Waals surface area contributed by atoms with Crippen molar-refractivity contribution in [3.05, 3.63) is 11.6 Å². The number of aliphatic hydroxyl groups is 1. The molecule has 164 valence electrons. The summed E-state index contributed by atoms with van der Waals surface area (Å²) < 4.78 is 6.59. The van der Waals surface area contributed by atoms with E-state index in [0.29, 0.717) is 25.7 Å². The van der Waals surface area contributed by atoms with Crippen LogP contribution < -0.4 is 0 Å². The summed E-state index contributed by atoms with van der Waals surface area (Å²) in [7, 11) is 0. The van der Waals surface area contributed by atoms with Crippen LogP contribution in [0.1, 0.15) is 58.8 Å². The molecule has 0 aromatic rings. The number of hydrogen-bond donors (Lipinski definition) is 3. The van der Waals surface area contributed by atoms with Gasteiger partial charge in [0.25, 0.3) is 0 Å². The maximum Gasteiger partial charge on any atom is 0.307 e. The van der Waals surface area contributed by atoms with E-state index in [9.17, 15) is 29.7 Å². The van der Waals surface area contributed by atoms with Crippen LogP contribution in [-0.2, 0) is 19.1 Å². The molecule has 3 saturated carbocycles. The van der Waals surface area contributed by atoms with Gasteiger partial charge in [-0.15, -0.1) is 0 Å². The molecule has 0 spiro atoms. The maximum absolute atomic E-state index is 12.4. The summed E-state index contributed by atoms with van der Waals surface area (Å²) in [5.74, 6) is -2.46. The van der Waals surface area contributed by atoms with E-state index in [1.54, 1.807) is 6.08 Å². The molecule has 9 atom stereocenters. The Bertz CT molecular complexity index is 864. The topological polar surface area (TPSA) is 121 Å². The average Bonchev–Trinajstić information content (AvgIpc) is 2.93. The number of carbonyl (C=O) groups is 3. The van der Waals surface area contributed by atoms with E-state index in [-0.39, 0.29) is 60.4 Å². The van der Waals surface area contributed by atoms with Gasteiger partial charge >= 0.3 is 11.9 Å². The highest BCUT2D eigenvalue weighted by atomic mass is 16.5. The van der Waals surface area contributed by atoms with Crippen molar-refractivity contribution in [3.63, 3.8) is 0 Å². The van der Waals surface area contributed by atoms with Crippen LogP contribution in [0.3, 0.4) is 0 Å². The van der Waals surface area contributed by atoms with Crippen molar-refractivity contribution >= 4 is 17.7 Å². The Morgan fingerprint density at radius 1 is 1.17 bits per heavy atom. The average molecular weight is 418 g/mol. The number of carboxylic acid groups (broad SMARTS) is 2. The summed E-state index contributed by atoms with van der Waals surface area (Å²) in [5.41, 5.74) is -1.36. The van der Waals surface area contributed by atoms with Crippen LogP contribution >= 0.6 is 0 Å². The van der Waals surface area contributed by atoms with Gasteiger partial charge in [0.2, 0.25) is 0 Å². The Morgan fingerprint density at radius 2 is 1.90 bits per heavy atom. The molecule has 5 rings (SSSR count). The molecule has 7 heteroatoms. The van der Waals surface area contributed by atoms with Crippen molar-refractivity contribution in [1.82, 2.24) is 0 Å². The van der Waals surface area contributed by atoms with Gasteiger partial charge in [0.15, 0.2) is 5.78 Å². The van der Waals surface area contributed by atoms with E-state index in [1.807, 2.05) is 6.92 Å². The Hall–Kier alpha value is -1.73. The summed E-state index contributed by atoms with van der Waals surface area (Å²) in [5, 5.41) is 31.0. The Morgan fingerprint density at radius 3 is 2.57 bits per heavy atom. The molecule has 2 bridgehead atoms. The van der Waals surface area contributed by atoms with Gasteiger partial charge in [0.1, 0.15) is 0 Å². The first-order chi connectivity index (χ1) is 14.0. The Labute approximate surface area is 175 Å². The zero-order valence-corrected chi connectivity index (χ0v) is 17.5. The van der Waals surface area contributed by atoms with Gasteiger partial charge in [-0.1, -0.05) is 19.4 Å². The van der Waals surface area contributed by atoms with Crippen molar-refractivity contribution in [2.75, 3.05) is 0 Å². The Kier molecular flexibility index (Phi) is 4.15. The normalized spacial score (nSPS) is 51.2. The monoisotopic (exact) mass is 418 g/mol. The molecule has 7 nitrogen and oxygen atoms in total. The molecule has 0 aromatic carbocycles. The van der Waals surface area contributed by atoms with Crippen molar-refractivity contribution in [2.45, 2.75) is 76.6 Å². The van der Waals surface area contributed by atoms with Crippen LogP contribution in [0.25, 0.3) is 0 Å². The molecule has 0 aromatic heterocycles. The highest BCUT2D eigenvalue weighted by molar-refractivity contribution is 5.92.